The molecule has 0 spiro atoms. The molecule has 0 heteroatoms. The predicted molar refractivity (Wildman–Crippen MR) is 50.3 cm³/mol. The van der Waals surface area contributed by atoms with Crippen molar-refractivity contribution >= 4 is 0 Å². The van der Waals surface area contributed by atoms with E-state index < -0.39 is 0 Å². The smallest absolute Gasteiger partial charge is 0.0353 e. The minimum atomic E-state index is 1.18. The zero-order valence-corrected chi connectivity index (χ0v) is 7.98. The second kappa shape index (κ2) is 15.9. The molecular weight excluding hydrogens is 120 g/mol. The van der Waals surface area contributed by atoms with E-state index in [1.807, 2.05) is 0 Å². The van der Waals surface area contributed by atoms with Crippen LogP contribution in [0.5, 0.6) is 0 Å². The molecule has 0 unspecified atom stereocenters. The Balaban J connectivity index is 0. The van der Waals surface area contributed by atoms with E-state index in [9.17, 15) is 0 Å². The van der Waals surface area contributed by atoms with Crippen molar-refractivity contribution in [2.45, 2.75) is 53.4 Å². The second-order valence-electron chi connectivity index (χ2n) is 2.38. The topological polar surface area (TPSA) is 0 Å². The molecule has 0 atom stereocenters. The van der Waals surface area contributed by atoms with Gasteiger partial charge in [0.2, 0.25) is 0 Å². The van der Waals surface area contributed by atoms with Crippen molar-refractivity contribution in [1.82, 2.24) is 0 Å². The molecule has 0 amide bonds. The molecular formula is C10H22. The molecule has 0 aromatic heterocycles. The van der Waals surface area contributed by atoms with Gasteiger partial charge >= 0.3 is 0 Å². The maximum Gasteiger partial charge on any atom is -0.0353 e. The fourth-order valence-electron chi connectivity index (χ4n) is 0.451. The fraction of sp³-hybridized carbons (Fsp3) is 0.800. The Morgan fingerprint density at radius 3 is 1.70 bits per heavy atom. The molecule has 10 heavy (non-hydrogen) atoms. The van der Waals surface area contributed by atoms with Crippen molar-refractivity contribution < 1.29 is 0 Å². The van der Waals surface area contributed by atoms with Gasteiger partial charge in [-0.25, -0.2) is 0 Å². The largest absolute Gasteiger partial charge is 0.0888 e. The lowest BCUT2D eigenvalue weighted by atomic mass is 10.3. The zero-order valence-electron chi connectivity index (χ0n) is 7.98. The van der Waals surface area contributed by atoms with Crippen LogP contribution in [0.4, 0.5) is 0 Å². The zero-order chi connectivity index (χ0) is 8.24. The minimum Gasteiger partial charge on any atom is -0.0888 e. The molecule has 0 aromatic carbocycles. The SMILES string of the molecule is CC/C=C/CCC.CCC. The number of allylic oxidation sites excluding steroid dienone is 2. The van der Waals surface area contributed by atoms with Gasteiger partial charge in [-0.1, -0.05) is 52.7 Å². The summed E-state index contributed by atoms with van der Waals surface area (Å²) in [6.07, 6.45) is 9.40. The number of unbranched alkanes of at least 4 members (excludes halogenated alkanes) is 1. The van der Waals surface area contributed by atoms with Crippen LogP contribution in [0, 0.1) is 0 Å². The molecule has 0 bridgehead atoms. The third-order valence-electron chi connectivity index (χ3n) is 0.858. The summed E-state index contributed by atoms with van der Waals surface area (Å²) >= 11 is 0. The van der Waals surface area contributed by atoms with Crippen LogP contribution in [0.2, 0.25) is 0 Å². The molecule has 0 saturated carbocycles. The van der Waals surface area contributed by atoms with Crippen LogP contribution in [0.1, 0.15) is 53.4 Å². The van der Waals surface area contributed by atoms with Crippen LogP contribution in [0.25, 0.3) is 0 Å². The monoisotopic (exact) mass is 142 g/mol. The van der Waals surface area contributed by atoms with E-state index in [0.717, 1.165) is 0 Å². The van der Waals surface area contributed by atoms with E-state index in [2.05, 4.69) is 39.8 Å². The number of hydrogen-bond donors (Lipinski definition) is 0. The minimum absolute atomic E-state index is 1.18. The van der Waals surface area contributed by atoms with Gasteiger partial charge in [0.05, 0.1) is 0 Å². The molecule has 0 fully saturated rings. The van der Waals surface area contributed by atoms with Crippen molar-refractivity contribution in [3.05, 3.63) is 12.2 Å². The van der Waals surface area contributed by atoms with Gasteiger partial charge in [-0.05, 0) is 12.8 Å². The maximum atomic E-state index is 2.24. The van der Waals surface area contributed by atoms with Crippen LogP contribution >= 0.6 is 0 Å². The molecule has 62 valence electrons. The van der Waals surface area contributed by atoms with Crippen molar-refractivity contribution in [2.75, 3.05) is 0 Å². The lowest BCUT2D eigenvalue weighted by Gasteiger charge is -1.79. The van der Waals surface area contributed by atoms with E-state index in [1.165, 1.54) is 25.7 Å². The van der Waals surface area contributed by atoms with Gasteiger partial charge in [-0.15, -0.1) is 0 Å². The third-order valence-corrected chi connectivity index (χ3v) is 0.858. The number of hydrogen-bond acceptors (Lipinski definition) is 0. The first-order valence-corrected chi connectivity index (χ1v) is 4.48. The molecule has 0 saturated heterocycles. The quantitative estimate of drug-likeness (QED) is 0.519. The molecule has 0 rings (SSSR count). The fourth-order valence-corrected chi connectivity index (χ4v) is 0.451. The highest BCUT2D eigenvalue weighted by Gasteiger charge is 1.68. The molecule has 0 radical (unpaired) electrons. The summed E-state index contributed by atoms with van der Waals surface area (Å²) in [6.45, 7) is 8.60. The summed E-state index contributed by atoms with van der Waals surface area (Å²) in [5.41, 5.74) is 0. The molecule has 0 aliphatic heterocycles. The summed E-state index contributed by atoms with van der Waals surface area (Å²) in [4.78, 5) is 0. The van der Waals surface area contributed by atoms with Gasteiger partial charge in [0.15, 0.2) is 0 Å². The Morgan fingerprint density at radius 2 is 1.40 bits per heavy atom. The molecule has 0 heterocycles. The maximum absolute atomic E-state index is 2.24. The Morgan fingerprint density at radius 1 is 0.900 bits per heavy atom. The Hall–Kier alpha value is -0.260. The summed E-state index contributed by atoms with van der Waals surface area (Å²) < 4.78 is 0. The highest BCUT2D eigenvalue weighted by Crippen LogP contribution is 1.88. The van der Waals surface area contributed by atoms with Gasteiger partial charge in [-0.3, -0.25) is 0 Å². The van der Waals surface area contributed by atoms with Crippen molar-refractivity contribution in [3.63, 3.8) is 0 Å². The predicted octanol–water partition coefficient (Wildman–Crippen LogP) is 4.17. The standard InChI is InChI=1S/C7H14.C3H8/c1-3-5-7-6-4-2;1-3-2/h5,7H,3-4,6H2,1-2H3;3H2,1-2H3/b7-5+;. The lowest BCUT2D eigenvalue weighted by Crippen LogP contribution is -1.58. The molecule has 0 nitrogen and oxygen atoms in total. The normalized spacial score (nSPS) is 9.20. The first-order chi connectivity index (χ1) is 4.83. The van der Waals surface area contributed by atoms with Gasteiger partial charge in [0.25, 0.3) is 0 Å². The Kier molecular flexibility index (Phi) is 19.7. The van der Waals surface area contributed by atoms with E-state index in [-0.39, 0.29) is 0 Å². The van der Waals surface area contributed by atoms with Gasteiger partial charge in [0, 0.05) is 0 Å². The molecule has 0 aliphatic rings. The summed E-state index contributed by atoms with van der Waals surface area (Å²) in [7, 11) is 0. The molecule has 0 aromatic rings. The van der Waals surface area contributed by atoms with Crippen molar-refractivity contribution in [3.8, 4) is 0 Å². The van der Waals surface area contributed by atoms with E-state index >= 15 is 0 Å². The molecule has 0 N–H and O–H groups in total. The second-order valence-corrected chi connectivity index (χ2v) is 2.38. The van der Waals surface area contributed by atoms with E-state index in [4.69, 9.17) is 0 Å². The van der Waals surface area contributed by atoms with Crippen LogP contribution in [-0.2, 0) is 0 Å². The van der Waals surface area contributed by atoms with Crippen LogP contribution in [0.15, 0.2) is 12.2 Å². The van der Waals surface area contributed by atoms with Gasteiger partial charge in [0.1, 0.15) is 0 Å². The Labute approximate surface area is 66.3 Å². The lowest BCUT2D eigenvalue weighted by molar-refractivity contribution is 0.952. The summed E-state index contributed by atoms with van der Waals surface area (Å²) in [6, 6.07) is 0. The average molecular weight is 142 g/mol. The van der Waals surface area contributed by atoms with Crippen LogP contribution in [-0.4, -0.2) is 0 Å². The van der Waals surface area contributed by atoms with E-state index in [1.54, 1.807) is 0 Å². The Bertz CT molecular complexity index is 53.1. The highest BCUT2D eigenvalue weighted by atomic mass is 13.7. The third kappa shape index (κ3) is 25.1. The van der Waals surface area contributed by atoms with Gasteiger partial charge in [-0.2, -0.15) is 0 Å². The van der Waals surface area contributed by atoms with Crippen molar-refractivity contribution in [2.24, 2.45) is 0 Å². The summed E-state index contributed by atoms with van der Waals surface area (Å²) in [5.74, 6) is 0. The van der Waals surface area contributed by atoms with E-state index in [0.29, 0.717) is 0 Å². The highest BCUT2D eigenvalue weighted by molar-refractivity contribution is 4.78. The first-order valence-electron chi connectivity index (χ1n) is 4.48. The van der Waals surface area contributed by atoms with Gasteiger partial charge < -0.3 is 0 Å². The van der Waals surface area contributed by atoms with Crippen LogP contribution in [0.3, 0.4) is 0 Å². The molecule has 0 aliphatic carbocycles. The first kappa shape index (κ1) is 12.4. The van der Waals surface area contributed by atoms with Crippen molar-refractivity contribution in [1.29, 1.82) is 0 Å². The average Bonchev–Trinajstić information content (AvgIpc) is 1.91. The number of rotatable bonds is 3. The summed E-state index contributed by atoms with van der Waals surface area (Å²) in [5, 5.41) is 0. The van der Waals surface area contributed by atoms with Crippen LogP contribution < -0.4 is 0 Å².